The monoisotopic (exact) mass is 364 g/mol. The molecule has 0 unspecified atom stereocenters. The second kappa shape index (κ2) is 9.16. The second-order valence-electron chi connectivity index (χ2n) is 7.11. The van der Waals surface area contributed by atoms with Gasteiger partial charge in [0.25, 0.3) is 5.91 Å². The molecule has 1 aromatic heterocycles. The highest BCUT2D eigenvalue weighted by Crippen LogP contribution is 2.24. The Morgan fingerprint density at radius 3 is 2.23 bits per heavy atom. The standard InChI is InChI=1S/C19H32N4O3/c1-6-21(7-2)9-8-16(24)22-10-12-23(13-11-22)19(25)17-15(5)20-26-18(17)14(3)4/h14H,6-13H2,1-5H3. The Morgan fingerprint density at radius 2 is 1.69 bits per heavy atom. The maximum Gasteiger partial charge on any atom is 0.259 e. The third kappa shape index (κ3) is 4.63. The summed E-state index contributed by atoms with van der Waals surface area (Å²) in [4.78, 5) is 31.2. The fraction of sp³-hybridized carbons (Fsp3) is 0.737. The number of carbonyl (C=O) groups is 2. The van der Waals surface area contributed by atoms with Crippen molar-refractivity contribution in [3.05, 3.63) is 17.0 Å². The zero-order valence-corrected chi connectivity index (χ0v) is 16.7. The van der Waals surface area contributed by atoms with Crippen molar-refractivity contribution in [3.63, 3.8) is 0 Å². The molecule has 1 aliphatic heterocycles. The minimum atomic E-state index is -0.0392. The first kappa shape index (κ1) is 20.4. The largest absolute Gasteiger partial charge is 0.360 e. The van der Waals surface area contributed by atoms with Crippen molar-refractivity contribution >= 4 is 11.8 Å². The Kier molecular flexibility index (Phi) is 7.20. The Morgan fingerprint density at radius 1 is 1.12 bits per heavy atom. The smallest absolute Gasteiger partial charge is 0.259 e. The molecule has 2 rings (SSSR count). The molecule has 0 spiro atoms. The first-order valence-electron chi connectivity index (χ1n) is 9.64. The van der Waals surface area contributed by atoms with Crippen molar-refractivity contribution < 1.29 is 14.1 Å². The van der Waals surface area contributed by atoms with Crippen LogP contribution in [0.5, 0.6) is 0 Å². The first-order chi connectivity index (χ1) is 12.4. The Balaban J connectivity index is 1.91. The molecular weight excluding hydrogens is 332 g/mol. The Bertz CT molecular complexity index is 614. The predicted octanol–water partition coefficient (Wildman–Crippen LogP) is 2.12. The van der Waals surface area contributed by atoms with Crippen LogP contribution in [0.2, 0.25) is 0 Å². The van der Waals surface area contributed by atoms with E-state index in [1.54, 1.807) is 11.8 Å². The van der Waals surface area contributed by atoms with Crippen molar-refractivity contribution in [1.29, 1.82) is 0 Å². The molecule has 1 aliphatic rings. The van der Waals surface area contributed by atoms with Crippen LogP contribution in [-0.2, 0) is 4.79 Å². The summed E-state index contributed by atoms with van der Waals surface area (Å²) in [7, 11) is 0. The summed E-state index contributed by atoms with van der Waals surface area (Å²) >= 11 is 0. The molecule has 7 heteroatoms. The van der Waals surface area contributed by atoms with Gasteiger partial charge < -0.3 is 19.2 Å². The van der Waals surface area contributed by atoms with Crippen LogP contribution in [0.1, 0.15) is 61.8 Å². The molecule has 146 valence electrons. The van der Waals surface area contributed by atoms with Crippen molar-refractivity contribution in [2.45, 2.75) is 47.0 Å². The van der Waals surface area contributed by atoms with Gasteiger partial charge in [0.1, 0.15) is 5.56 Å². The quantitative estimate of drug-likeness (QED) is 0.741. The molecule has 1 saturated heterocycles. The molecule has 7 nitrogen and oxygen atoms in total. The topological polar surface area (TPSA) is 69.9 Å². The molecule has 0 aromatic carbocycles. The van der Waals surface area contributed by atoms with E-state index in [-0.39, 0.29) is 17.7 Å². The fourth-order valence-electron chi connectivity index (χ4n) is 3.31. The molecule has 0 atom stereocenters. The van der Waals surface area contributed by atoms with Crippen LogP contribution in [0.25, 0.3) is 0 Å². The summed E-state index contributed by atoms with van der Waals surface area (Å²) in [5.74, 6) is 0.888. The molecule has 1 fully saturated rings. The van der Waals surface area contributed by atoms with Gasteiger partial charge in [0.05, 0.1) is 5.69 Å². The van der Waals surface area contributed by atoms with Crippen LogP contribution in [0, 0.1) is 6.92 Å². The molecule has 0 aliphatic carbocycles. The highest BCUT2D eigenvalue weighted by atomic mass is 16.5. The number of hydrogen-bond donors (Lipinski definition) is 0. The predicted molar refractivity (Wildman–Crippen MR) is 100 cm³/mol. The lowest BCUT2D eigenvalue weighted by molar-refractivity contribution is -0.133. The summed E-state index contributed by atoms with van der Waals surface area (Å²) in [6, 6.07) is 0. The lowest BCUT2D eigenvalue weighted by Crippen LogP contribution is -2.51. The zero-order chi connectivity index (χ0) is 19.3. The molecule has 0 saturated carbocycles. The summed E-state index contributed by atoms with van der Waals surface area (Å²) < 4.78 is 5.34. The van der Waals surface area contributed by atoms with Crippen LogP contribution in [-0.4, -0.2) is 77.5 Å². The van der Waals surface area contributed by atoms with Gasteiger partial charge in [0, 0.05) is 45.1 Å². The average Bonchev–Trinajstić information content (AvgIpc) is 3.03. The third-order valence-corrected chi connectivity index (χ3v) is 5.08. The minimum Gasteiger partial charge on any atom is -0.360 e. The average molecular weight is 364 g/mol. The molecule has 26 heavy (non-hydrogen) atoms. The summed E-state index contributed by atoms with van der Waals surface area (Å²) in [5, 5.41) is 3.96. The number of piperazine rings is 1. The minimum absolute atomic E-state index is 0.0392. The van der Waals surface area contributed by atoms with Gasteiger partial charge in [-0.1, -0.05) is 32.9 Å². The number of aromatic nitrogens is 1. The number of aryl methyl sites for hydroxylation is 1. The van der Waals surface area contributed by atoms with E-state index in [9.17, 15) is 9.59 Å². The molecule has 0 bridgehead atoms. The van der Waals surface area contributed by atoms with Crippen molar-refractivity contribution in [1.82, 2.24) is 19.9 Å². The zero-order valence-electron chi connectivity index (χ0n) is 16.7. The molecular formula is C19H32N4O3. The van der Waals surface area contributed by atoms with Gasteiger partial charge in [-0.15, -0.1) is 0 Å². The number of rotatable bonds is 7. The lowest BCUT2D eigenvalue weighted by atomic mass is 10.0. The van der Waals surface area contributed by atoms with Crippen LogP contribution in [0.15, 0.2) is 4.52 Å². The number of carbonyl (C=O) groups excluding carboxylic acids is 2. The van der Waals surface area contributed by atoms with E-state index in [2.05, 4.69) is 23.9 Å². The maximum absolute atomic E-state index is 12.9. The first-order valence-corrected chi connectivity index (χ1v) is 9.64. The van der Waals surface area contributed by atoms with Crippen molar-refractivity contribution in [3.8, 4) is 0 Å². The van der Waals surface area contributed by atoms with Gasteiger partial charge in [0.2, 0.25) is 5.91 Å². The molecule has 1 aromatic rings. The molecule has 2 amide bonds. The lowest BCUT2D eigenvalue weighted by Gasteiger charge is -2.35. The van der Waals surface area contributed by atoms with E-state index in [1.807, 2.05) is 18.7 Å². The van der Waals surface area contributed by atoms with Crippen LogP contribution < -0.4 is 0 Å². The van der Waals surface area contributed by atoms with Crippen LogP contribution in [0.4, 0.5) is 0 Å². The van der Waals surface area contributed by atoms with E-state index < -0.39 is 0 Å². The maximum atomic E-state index is 12.9. The van der Waals surface area contributed by atoms with E-state index in [1.165, 1.54) is 0 Å². The summed E-state index contributed by atoms with van der Waals surface area (Å²) in [5.41, 5.74) is 1.22. The number of amides is 2. The van der Waals surface area contributed by atoms with Crippen molar-refractivity contribution in [2.24, 2.45) is 0 Å². The normalized spacial score (nSPS) is 15.2. The van der Waals surface area contributed by atoms with Gasteiger partial charge in [-0.05, 0) is 20.0 Å². The molecule has 0 radical (unpaired) electrons. The van der Waals surface area contributed by atoms with Gasteiger partial charge in [-0.3, -0.25) is 9.59 Å². The van der Waals surface area contributed by atoms with E-state index >= 15 is 0 Å². The highest BCUT2D eigenvalue weighted by molar-refractivity contribution is 5.96. The van der Waals surface area contributed by atoms with Crippen molar-refractivity contribution in [2.75, 3.05) is 45.8 Å². The molecule has 0 N–H and O–H groups in total. The van der Waals surface area contributed by atoms with E-state index in [0.29, 0.717) is 49.6 Å². The van der Waals surface area contributed by atoms with Crippen LogP contribution >= 0.6 is 0 Å². The highest BCUT2D eigenvalue weighted by Gasteiger charge is 2.30. The number of nitrogens with zero attached hydrogens (tertiary/aromatic N) is 4. The summed E-state index contributed by atoms with van der Waals surface area (Å²) in [6.45, 7) is 15.0. The van der Waals surface area contributed by atoms with Crippen LogP contribution in [0.3, 0.4) is 0 Å². The summed E-state index contributed by atoms with van der Waals surface area (Å²) in [6.07, 6.45) is 0.540. The SMILES string of the molecule is CCN(CC)CCC(=O)N1CCN(C(=O)c2c(C)noc2C(C)C)CC1. The second-order valence-corrected chi connectivity index (χ2v) is 7.11. The van der Waals surface area contributed by atoms with E-state index in [0.717, 1.165) is 19.6 Å². The Hall–Kier alpha value is -1.89. The number of hydrogen-bond acceptors (Lipinski definition) is 5. The third-order valence-electron chi connectivity index (χ3n) is 5.08. The Labute approximate surface area is 156 Å². The van der Waals surface area contributed by atoms with Gasteiger partial charge in [0.15, 0.2) is 5.76 Å². The van der Waals surface area contributed by atoms with Gasteiger partial charge >= 0.3 is 0 Å². The molecule has 2 heterocycles. The van der Waals surface area contributed by atoms with E-state index in [4.69, 9.17) is 4.52 Å². The van der Waals surface area contributed by atoms with Gasteiger partial charge in [-0.2, -0.15) is 0 Å². The van der Waals surface area contributed by atoms with Gasteiger partial charge in [-0.25, -0.2) is 0 Å². The fourth-order valence-corrected chi connectivity index (χ4v) is 3.31.